The van der Waals surface area contributed by atoms with Gasteiger partial charge in [-0.3, -0.25) is 4.79 Å². The maximum absolute atomic E-state index is 12.1. The fraction of sp³-hybridized carbons (Fsp3) is 0.714. The van der Waals surface area contributed by atoms with Gasteiger partial charge in [0.1, 0.15) is 6.04 Å². The molecule has 1 unspecified atom stereocenters. The number of hydrogen-bond donors (Lipinski definition) is 2. The molecule has 1 amide bonds. The zero-order chi connectivity index (χ0) is 15.8. The summed E-state index contributed by atoms with van der Waals surface area (Å²) < 4.78 is 1.42. The highest BCUT2D eigenvalue weighted by molar-refractivity contribution is 5.87. The zero-order valence-corrected chi connectivity index (χ0v) is 12.9. The van der Waals surface area contributed by atoms with Crippen molar-refractivity contribution in [3.63, 3.8) is 0 Å². The molecule has 0 fully saturated rings. The van der Waals surface area contributed by atoms with E-state index in [-0.39, 0.29) is 11.6 Å². The molecule has 1 atom stereocenters. The van der Waals surface area contributed by atoms with E-state index in [0.29, 0.717) is 18.7 Å². The van der Waals surface area contributed by atoms with Crippen LogP contribution in [0.4, 0.5) is 0 Å². The summed E-state index contributed by atoms with van der Waals surface area (Å²) in [4.78, 5) is 23.2. The van der Waals surface area contributed by atoms with Crippen LogP contribution in [0.25, 0.3) is 0 Å². The second-order valence-electron chi connectivity index (χ2n) is 5.06. The van der Waals surface area contributed by atoms with Gasteiger partial charge < -0.3 is 10.4 Å². The number of carbonyl (C=O) groups is 2. The topological polar surface area (TPSA) is 97.1 Å². The first-order valence-corrected chi connectivity index (χ1v) is 7.47. The SMILES string of the molecule is CCCCCNC(=O)C(C)n1nnc(C(=O)O)c1CCC. The molecule has 0 spiro atoms. The van der Waals surface area contributed by atoms with Crippen molar-refractivity contribution in [2.45, 2.75) is 58.9 Å². The summed E-state index contributed by atoms with van der Waals surface area (Å²) in [5.74, 6) is -1.27. The van der Waals surface area contributed by atoms with Crippen molar-refractivity contribution in [1.29, 1.82) is 0 Å². The molecule has 1 heterocycles. The maximum atomic E-state index is 12.1. The molecular formula is C14H24N4O3. The van der Waals surface area contributed by atoms with Crippen LogP contribution in [0.1, 0.15) is 68.7 Å². The smallest absolute Gasteiger partial charge is 0.358 e. The number of nitrogens with zero attached hydrogens (tertiary/aromatic N) is 3. The van der Waals surface area contributed by atoms with Crippen LogP contribution in [0.5, 0.6) is 0 Å². The summed E-state index contributed by atoms with van der Waals surface area (Å²) >= 11 is 0. The Morgan fingerprint density at radius 1 is 1.29 bits per heavy atom. The third-order valence-corrected chi connectivity index (χ3v) is 3.31. The summed E-state index contributed by atoms with van der Waals surface area (Å²) in [6, 6.07) is -0.561. The van der Waals surface area contributed by atoms with Crippen molar-refractivity contribution < 1.29 is 14.7 Å². The Hall–Kier alpha value is -1.92. The first kappa shape index (κ1) is 17.1. The van der Waals surface area contributed by atoms with Gasteiger partial charge in [0.25, 0.3) is 0 Å². The molecule has 21 heavy (non-hydrogen) atoms. The zero-order valence-electron chi connectivity index (χ0n) is 12.9. The van der Waals surface area contributed by atoms with Crippen LogP contribution in [0.2, 0.25) is 0 Å². The maximum Gasteiger partial charge on any atom is 0.358 e. The molecule has 118 valence electrons. The number of carbonyl (C=O) groups excluding carboxylic acids is 1. The molecular weight excluding hydrogens is 272 g/mol. The van der Waals surface area contributed by atoms with E-state index in [0.717, 1.165) is 25.7 Å². The fourth-order valence-electron chi connectivity index (χ4n) is 2.11. The van der Waals surface area contributed by atoms with Crippen molar-refractivity contribution >= 4 is 11.9 Å². The van der Waals surface area contributed by atoms with Gasteiger partial charge in [-0.25, -0.2) is 9.48 Å². The van der Waals surface area contributed by atoms with Gasteiger partial charge in [-0.05, 0) is 19.8 Å². The third-order valence-electron chi connectivity index (χ3n) is 3.31. The number of rotatable bonds is 9. The Labute approximate surface area is 124 Å². The number of aromatic nitrogens is 3. The molecule has 1 rings (SSSR count). The van der Waals surface area contributed by atoms with Crippen LogP contribution in [0, 0.1) is 0 Å². The van der Waals surface area contributed by atoms with Crippen LogP contribution in [-0.4, -0.2) is 38.5 Å². The summed E-state index contributed by atoms with van der Waals surface area (Å²) in [6.45, 7) is 6.37. The van der Waals surface area contributed by atoms with E-state index in [1.54, 1.807) is 6.92 Å². The van der Waals surface area contributed by atoms with E-state index in [4.69, 9.17) is 5.11 Å². The second-order valence-corrected chi connectivity index (χ2v) is 5.06. The van der Waals surface area contributed by atoms with Crippen LogP contribution in [-0.2, 0) is 11.2 Å². The molecule has 0 aliphatic heterocycles. The lowest BCUT2D eigenvalue weighted by Gasteiger charge is -2.14. The monoisotopic (exact) mass is 296 g/mol. The van der Waals surface area contributed by atoms with E-state index in [2.05, 4.69) is 22.6 Å². The minimum Gasteiger partial charge on any atom is -0.476 e. The van der Waals surface area contributed by atoms with Gasteiger partial charge in [0.2, 0.25) is 5.91 Å². The molecule has 0 radical (unpaired) electrons. The number of carboxylic acids is 1. The van der Waals surface area contributed by atoms with E-state index in [1.807, 2.05) is 6.92 Å². The Morgan fingerprint density at radius 3 is 2.57 bits per heavy atom. The lowest BCUT2D eigenvalue weighted by atomic mass is 10.2. The van der Waals surface area contributed by atoms with Crippen molar-refractivity contribution in [2.24, 2.45) is 0 Å². The predicted octanol–water partition coefficient (Wildman–Crippen LogP) is 1.80. The standard InChI is InChI=1S/C14H24N4O3/c1-4-6-7-9-15-13(19)10(3)18-11(8-5-2)12(14(20)21)16-17-18/h10H,4-9H2,1-3H3,(H,15,19)(H,20,21). The summed E-state index contributed by atoms with van der Waals surface area (Å²) in [6.07, 6.45) is 4.40. The van der Waals surface area contributed by atoms with Gasteiger partial charge in [-0.2, -0.15) is 0 Å². The van der Waals surface area contributed by atoms with Crippen molar-refractivity contribution in [1.82, 2.24) is 20.3 Å². The fourth-order valence-corrected chi connectivity index (χ4v) is 2.11. The Morgan fingerprint density at radius 2 is 2.00 bits per heavy atom. The first-order valence-electron chi connectivity index (χ1n) is 7.47. The molecule has 0 aliphatic carbocycles. The van der Waals surface area contributed by atoms with E-state index in [1.165, 1.54) is 4.68 Å². The van der Waals surface area contributed by atoms with Crippen molar-refractivity contribution in [3.05, 3.63) is 11.4 Å². The molecule has 0 aliphatic rings. The van der Waals surface area contributed by atoms with Gasteiger partial charge in [-0.15, -0.1) is 5.10 Å². The number of carboxylic acid groups (broad SMARTS) is 1. The van der Waals surface area contributed by atoms with Crippen LogP contribution in [0.15, 0.2) is 0 Å². The summed E-state index contributed by atoms with van der Waals surface area (Å²) in [5.41, 5.74) is 0.434. The molecule has 0 saturated heterocycles. The summed E-state index contributed by atoms with van der Waals surface area (Å²) in [7, 11) is 0. The van der Waals surface area contributed by atoms with Gasteiger partial charge >= 0.3 is 5.97 Å². The molecule has 0 bridgehead atoms. The van der Waals surface area contributed by atoms with Crippen LogP contribution < -0.4 is 5.32 Å². The Kier molecular flexibility index (Phi) is 6.84. The van der Waals surface area contributed by atoms with E-state index in [9.17, 15) is 9.59 Å². The normalized spacial score (nSPS) is 12.1. The molecule has 0 aromatic carbocycles. The number of unbranched alkanes of at least 4 members (excludes halogenated alkanes) is 2. The third kappa shape index (κ3) is 4.54. The van der Waals surface area contributed by atoms with Gasteiger partial charge in [0, 0.05) is 6.54 Å². The summed E-state index contributed by atoms with van der Waals surface area (Å²) in [5, 5.41) is 19.5. The average molecular weight is 296 g/mol. The number of aromatic carboxylic acids is 1. The first-order chi connectivity index (χ1) is 10.0. The number of nitrogens with one attached hydrogen (secondary N) is 1. The highest BCUT2D eigenvalue weighted by Gasteiger charge is 2.24. The lowest BCUT2D eigenvalue weighted by Crippen LogP contribution is -2.33. The van der Waals surface area contributed by atoms with Crippen LogP contribution in [0.3, 0.4) is 0 Å². The molecule has 7 nitrogen and oxygen atoms in total. The minimum absolute atomic E-state index is 0.0671. The van der Waals surface area contributed by atoms with E-state index < -0.39 is 12.0 Å². The molecule has 2 N–H and O–H groups in total. The van der Waals surface area contributed by atoms with Gasteiger partial charge in [-0.1, -0.05) is 38.3 Å². The number of hydrogen-bond acceptors (Lipinski definition) is 4. The highest BCUT2D eigenvalue weighted by atomic mass is 16.4. The van der Waals surface area contributed by atoms with Crippen LogP contribution >= 0.6 is 0 Å². The minimum atomic E-state index is -1.11. The predicted molar refractivity (Wildman–Crippen MR) is 78.2 cm³/mol. The average Bonchev–Trinajstić information content (AvgIpc) is 2.87. The Bertz CT molecular complexity index is 485. The molecule has 0 saturated carbocycles. The van der Waals surface area contributed by atoms with Gasteiger partial charge in [0.15, 0.2) is 5.69 Å². The molecule has 1 aromatic heterocycles. The largest absolute Gasteiger partial charge is 0.476 e. The van der Waals surface area contributed by atoms with E-state index >= 15 is 0 Å². The second kappa shape index (κ2) is 8.39. The molecule has 1 aromatic rings. The quantitative estimate of drug-likeness (QED) is 0.677. The highest BCUT2D eigenvalue weighted by Crippen LogP contribution is 2.14. The lowest BCUT2D eigenvalue weighted by molar-refractivity contribution is -0.124. The number of amides is 1. The van der Waals surface area contributed by atoms with Crippen molar-refractivity contribution in [3.8, 4) is 0 Å². The Balaban J connectivity index is 2.79. The van der Waals surface area contributed by atoms with Crippen molar-refractivity contribution in [2.75, 3.05) is 6.54 Å². The molecule has 7 heteroatoms. The van der Waals surface area contributed by atoms with Gasteiger partial charge in [0.05, 0.1) is 5.69 Å².